The molecule has 0 saturated heterocycles. The first kappa shape index (κ1) is 19.5. The molecular formula is C21H17FN2O3S2. The highest BCUT2D eigenvalue weighted by Gasteiger charge is 2.18. The van der Waals surface area contributed by atoms with Crippen molar-refractivity contribution in [2.24, 2.45) is 0 Å². The molecule has 0 saturated carbocycles. The summed E-state index contributed by atoms with van der Waals surface area (Å²) in [4.78, 5) is 30.6. The fourth-order valence-electron chi connectivity index (χ4n) is 3.25. The summed E-state index contributed by atoms with van der Waals surface area (Å²) in [7, 11) is 0. The molecule has 3 aromatic heterocycles. The van der Waals surface area contributed by atoms with Crippen LogP contribution in [0.5, 0.6) is 0 Å². The predicted molar refractivity (Wildman–Crippen MR) is 113 cm³/mol. The number of carboxylic acids is 1. The molecule has 1 N–H and O–H groups in total. The van der Waals surface area contributed by atoms with Gasteiger partial charge in [0.05, 0.1) is 5.39 Å². The molecule has 0 aliphatic heterocycles. The lowest BCUT2D eigenvalue weighted by Crippen LogP contribution is -2.26. The Morgan fingerprint density at radius 2 is 2.00 bits per heavy atom. The van der Waals surface area contributed by atoms with E-state index >= 15 is 0 Å². The number of carbonyl (C=O) groups is 1. The molecule has 0 fully saturated rings. The first-order chi connectivity index (χ1) is 14.0. The molecule has 0 radical (unpaired) electrons. The van der Waals surface area contributed by atoms with Crippen molar-refractivity contribution in [3.63, 3.8) is 0 Å². The topological polar surface area (TPSA) is 72.2 Å². The number of hydrogen-bond acceptors (Lipinski definition) is 5. The van der Waals surface area contributed by atoms with Gasteiger partial charge in [-0.3, -0.25) is 14.2 Å². The van der Waals surface area contributed by atoms with Gasteiger partial charge in [0.25, 0.3) is 5.56 Å². The molecule has 148 valence electrons. The maximum atomic E-state index is 14.2. The monoisotopic (exact) mass is 428 g/mol. The van der Waals surface area contributed by atoms with Crippen LogP contribution in [0.3, 0.4) is 0 Å². The van der Waals surface area contributed by atoms with Gasteiger partial charge >= 0.3 is 5.97 Å². The Kier molecular flexibility index (Phi) is 5.55. The quantitative estimate of drug-likeness (QED) is 0.460. The molecule has 0 unspecified atom stereocenters. The summed E-state index contributed by atoms with van der Waals surface area (Å²) < 4.78 is 15.7. The Morgan fingerprint density at radius 1 is 1.17 bits per heavy atom. The Morgan fingerprint density at radius 3 is 2.72 bits per heavy atom. The van der Waals surface area contributed by atoms with Crippen LogP contribution in [0.25, 0.3) is 20.7 Å². The lowest BCUT2D eigenvalue weighted by molar-refractivity contribution is -0.137. The molecule has 0 bridgehead atoms. The molecule has 0 aliphatic rings. The zero-order chi connectivity index (χ0) is 20.4. The minimum Gasteiger partial charge on any atom is -0.481 e. The van der Waals surface area contributed by atoms with Crippen molar-refractivity contribution in [2.75, 3.05) is 0 Å². The number of thiophene rings is 2. The van der Waals surface area contributed by atoms with Crippen molar-refractivity contribution < 1.29 is 14.3 Å². The number of hydrogen-bond donors (Lipinski definition) is 1. The zero-order valence-corrected chi connectivity index (χ0v) is 16.9. The van der Waals surface area contributed by atoms with E-state index in [2.05, 4.69) is 4.98 Å². The van der Waals surface area contributed by atoms with Crippen molar-refractivity contribution in [1.82, 2.24) is 9.55 Å². The van der Waals surface area contributed by atoms with Crippen LogP contribution >= 0.6 is 22.7 Å². The summed E-state index contributed by atoms with van der Waals surface area (Å²) in [5.74, 6) is -0.834. The maximum absolute atomic E-state index is 14.2. The molecule has 8 heteroatoms. The summed E-state index contributed by atoms with van der Waals surface area (Å²) in [6.07, 6.45) is 0.410. The second-order valence-corrected chi connectivity index (χ2v) is 8.36. The first-order valence-corrected chi connectivity index (χ1v) is 10.8. The van der Waals surface area contributed by atoms with Crippen LogP contribution in [-0.2, 0) is 17.8 Å². The van der Waals surface area contributed by atoms with Crippen molar-refractivity contribution >= 4 is 38.9 Å². The van der Waals surface area contributed by atoms with Crippen molar-refractivity contribution in [3.8, 4) is 10.4 Å². The predicted octanol–water partition coefficient (Wildman–Crippen LogP) is 4.78. The fraction of sp³-hybridized carbons (Fsp3) is 0.190. The SMILES string of the molecule is O=C(O)CCCn1c(Cc2ccccc2F)nc2scc(-c3cccs3)c2c1=O. The van der Waals surface area contributed by atoms with Gasteiger partial charge in [0.1, 0.15) is 16.5 Å². The van der Waals surface area contributed by atoms with Crippen LogP contribution in [0.4, 0.5) is 4.39 Å². The summed E-state index contributed by atoms with van der Waals surface area (Å²) in [5.41, 5.74) is 1.07. The summed E-state index contributed by atoms with van der Waals surface area (Å²) in [6, 6.07) is 10.3. The van der Waals surface area contributed by atoms with E-state index in [4.69, 9.17) is 5.11 Å². The molecule has 29 heavy (non-hydrogen) atoms. The second-order valence-electron chi connectivity index (χ2n) is 6.56. The largest absolute Gasteiger partial charge is 0.481 e. The van der Waals surface area contributed by atoms with Gasteiger partial charge in [-0.15, -0.1) is 22.7 Å². The standard InChI is InChI=1S/C21H17FN2O3S2/c22-15-6-2-1-5-13(15)11-17-23-20-19(14(12-29-20)16-7-4-10-28-16)21(27)24(17)9-3-8-18(25)26/h1-2,4-7,10,12H,3,8-9,11H2,(H,25,26). The molecule has 4 aromatic rings. The highest BCUT2D eigenvalue weighted by atomic mass is 32.1. The van der Waals surface area contributed by atoms with Gasteiger partial charge in [0.15, 0.2) is 0 Å². The van der Waals surface area contributed by atoms with Gasteiger partial charge in [0, 0.05) is 35.2 Å². The van der Waals surface area contributed by atoms with E-state index in [1.165, 1.54) is 22.0 Å². The molecule has 5 nitrogen and oxygen atoms in total. The average Bonchev–Trinajstić information content (AvgIpc) is 3.35. The molecule has 3 heterocycles. The second kappa shape index (κ2) is 8.26. The maximum Gasteiger partial charge on any atom is 0.303 e. The van der Waals surface area contributed by atoms with E-state index in [1.54, 1.807) is 29.5 Å². The number of aliphatic carboxylic acids is 1. The smallest absolute Gasteiger partial charge is 0.303 e. The molecule has 0 spiro atoms. The zero-order valence-electron chi connectivity index (χ0n) is 15.3. The number of fused-ring (bicyclic) bond motifs is 1. The molecule has 0 aliphatic carbocycles. The third-order valence-electron chi connectivity index (χ3n) is 4.64. The number of carboxylic acid groups (broad SMARTS) is 1. The van der Waals surface area contributed by atoms with Crippen molar-refractivity contribution in [1.29, 1.82) is 0 Å². The van der Waals surface area contributed by atoms with Crippen molar-refractivity contribution in [3.05, 3.63) is 74.7 Å². The van der Waals surface area contributed by atoms with Gasteiger partial charge in [-0.1, -0.05) is 24.3 Å². The van der Waals surface area contributed by atoms with E-state index in [1.807, 2.05) is 22.9 Å². The van der Waals surface area contributed by atoms with E-state index in [0.29, 0.717) is 28.0 Å². The number of rotatable bonds is 7. The molecular weight excluding hydrogens is 411 g/mol. The third kappa shape index (κ3) is 3.99. The Labute approximate surface area is 173 Å². The van der Waals surface area contributed by atoms with Gasteiger partial charge in [-0.25, -0.2) is 9.37 Å². The van der Waals surface area contributed by atoms with Crippen LogP contribution in [-0.4, -0.2) is 20.6 Å². The summed E-state index contributed by atoms with van der Waals surface area (Å²) in [5, 5.41) is 13.4. The van der Waals surface area contributed by atoms with Crippen LogP contribution in [0, 0.1) is 5.82 Å². The van der Waals surface area contributed by atoms with Gasteiger partial charge in [0.2, 0.25) is 0 Å². The highest BCUT2D eigenvalue weighted by molar-refractivity contribution is 7.18. The molecule has 1 aromatic carbocycles. The van der Waals surface area contributed by atoms with E-state index in [0.717, 1.165) is 10.4 Å². The van der Waals surface area contributed by atoms with Crippen molar-refractivity contribution in [2.45, 2.75) is 25.8 Å². The Balaban J connectivity index is 1.84. The number of benzene rings is 1. The third-order valence-corrected chi connectivity index (χ3v) is 6.41. The number of nitrogens with zero attached hydrogens (tertiary/aromatic N) is 2. The molecule has 0 atom stereocenters. The van der Waals surface area contributed by atoms with E-state index in [9.17, 15) is 14.0 Å². The lowest BCUT2D eigenvalue weighted by Gasteiger charge is -2.13. The number of aromatic nitrogens is 2. The lowest BCUT2D eigenvalue weighted by atomic mass is 10.1. The summed E-state index contributed by atoms with van der Waals surface area (Å²) in [6.45, 7) is 0.220. The van der Waals surface area contributed by atoms with Crippen LogP contribution in [0.15, 0.2) is 52.0 Å². The minimum atomic E-state index is -0.919. The fourth-order valence-corrected chi connectivity index (χ4v) is 5.02. The van der Waals surface area contributed by atoms with E-state index in [-0.39, 0.29) is 30.8 Å². The Bertz CT molecular complexity index is 1230. The highest BCUT2D eigenvalue weighted by Crippen LogP contribution is 2.34. The molecule has 4 rings (SSSR count). The normalized spacial score (nSPS) is 11.2. The first-order valence-electron chi connectivity index (χ1n) is 9.04. The Hall–Kier alpha value is -2.84. The van der Waals surface area contributed by atoms with Gasteiger partial charge in [-0.05, 0) is 29.5 Å². The summed E-state index contributed by atoms with van der Waals surface area (Å²) >= 11 is 2.93. The minimum absolute atomic E-state index is 0.0506. The molecule has 0 amide bonds. The van der Waals surface area contributed by atoms with Crippen LogP contribution < -0.4 is 5.56 Å². The van der Waals surface area contributed by atoms with Gasteiger partial charge < -0.3 is 5.11 Å². The average molecular weight is 429 g/mol. The van der Waals surface area contributed by atoms with Crippen LogP contribution in [0.1, 0.15) is 24.2 Å². The van der Waals surface area contributed by atoms with E-state index < -0.39 is 5.97 Å². The number of halogens is 1. The van der Waals surface area contributed by atoms with Gasteiger partial charge in [-0.2, -0.15) is 0 Å². The van der Waals surface area contributed by atoms with Crippen LogP contribution in [0.2, 0.25) is 0 Å².